The third kappa shape index (κ3) is 3.49. The molecule has 0 amide bonds. The molecular formula is C18H16N4O2S. The van der Waals surface area contributed by atoms with E-state index in [2.05, 4.69) is 10.2 Å². The summed E-state index contributed by atoms with van der Waals surface area (Å²) in [5.41, 5.74) is 2.02. The van der Waals surface area contributed by atoms with E-state index in [9.17, 15) is 4.79 Å². The number of aromatic nitrogens is 3. The van der Waals surface area contributed by atoms with Crippen LogP contribution in [0.25, 0.3) is 11.4 Å². The van der Waals surface area contributed by atoms with Crippen molar-refractivity contribution in [1.29, 1.82) is 5.26 Å². The van der Waals surface area contributed by atoms with E-state index in [1.165, 1.54) is 11.8 Å². The van der Waals surface area contributed by atoms with E-state index in [4.69, 9.17) is 9.68 Å². The van der Waals surface area contributed by atoms with Crippen molar-refractivity contribution < 1.29 is 9.21 Å². The van der Waals surface area contributed by atoms with Gasteiger partial charge in [0.15, 0.2) is 16.8 Å². The van der Waals surface area contributed by atoms with Crippen molar-refractivity contribution in [3.63, 3.8) is 0 Å². The van der Waals surface area contributed by atoms with Gasteiger partial charge in [-0.3, -0.25) is 4.79 Å². The van der Waals surface area contributed by atoms with Crippen LogP contribution in [0.15, 0.2) is 46.2 Å². The number of rotatable bonds is 6. The molecule has 0 N–H and O–H groups in total. The molecule has 3 rings (SSSR count). The first-order chi connectivity index (χ1) is 12.1. The average molecular weight is 352 g/mol. The Balaban J connectivity index is 1.75. The SMILES string of the molecule is CCn1c(SCC(=O)c2ccc(C#N)cc2)nnc1-c1ccoc1C. The van der Waals surface area contributed by atoms with Gasteiger partial charge in [-0.25, -0.2) is 0 Å². The number of Topliss-reactive ketones (excluding diaryl/α,β-unsaturated/α-hetero) is 1. The molecule has 7 heteroatoms. The zero-order valence-corrected chi connectivity index (χ0v) is 14.7. The minimum Gasteiger partial charge on any atom is -0.469 e. The second kappa shape index (κ2) is 7.36. The molecule has 0 fully saturated rings. The van der Waals surface area contributed by atoms with Crippen molar-refractivity contribution >= 4 is 17.5 Å². The highest BCUT2D eigenvalue weighted by Crippen LogP contribution is 2.27. The van der Waals surface area contributed by atoms with Gasteiger partial charge in [-0.2, -0.15) is 5.26 Å². The normalized spacial score (nSPS) is 10.6. The van der Waals surface area contributed by atoms with Gasteiger partial charge in [-0.1, -0.05) is 23.9 Å². The zero-order valence-electron chi connectivity index (χ0n) is 13.9. The Hall–Kier alpha value is -2.85. The molecule has 3 aromatic rings. The zero-order chi connectivity index (χ0) is 17.8. The van der Waals surface area contributed by atoms with Gasteiger partial charge in [0.25, 0.3) is 0 Å². The van der Waals surface area contributed by atoms with E-state index >= 15 is 0 Å². The third-order valence-corrected chi connectivity index (χ3v) is 4.77. The first-order valence-corrected chi connectivity index (χ1v) is 8.76. The summed E-state index contributed by atoms with van der Waals surface area (Å²) in [7, 11) is 0. The number of hydrogen-bond donors (Lipinski definition) is 0. The fourth-order valence-corrected chi connectivity index (χ4v) is 3.34. The van der Waals surface area contributed by atoms with Gasteiger partial charge in [-0.15, -0.1) is 10.2 Å². The van der Waals surface area contributed by atoms with Crippen LogP contribution < -0.4 is 0 Å². The molecule has 0 radical (unpaired) electrons. The lowest BCUT2D eigenvalue weighted by atomic mass is 10.1. The highest BCUT2D eigenvalue weighted by atomic mass is 32.2. The predicted molar refractivity (Wildman–Crippen MR) is 94.3 cm³/mol. The number of furan rings is 1. The number of hydrogen-bond acceptors (Lipinski definition) is 6. The van der Waals surface area contributed by atoms with Crippen LogP contribution in [0.5, 0.6) is 0 Å². The molecule has 0 saturated carbocycles. The number of ketones is 1. The van der Waals surface area contributed by atoms with Crippen molar-refractivity contribution in [2.24, 2.45) is 0 Å². The topological polar surface area (TPSA) is 84.7 Å². The number of carbonyl (C=O) groups excluding carboxylic acids is 1. The summed E-state index contributed by atoms with van der Waals surface area (Å²) in [5.74, 6) is 1.77. The van der Waals surface area contributed by atoms with E-state index in [0.717, 1.165) is 17.1 Å². The molecule has 0 bridgehead atoms. The van der Waals surface area contributed by atoms with Crippen molar-refractivity contribution in [2.45, 2.75) is 25.5 Å². The fourth-order valence-electron chi connectivity index (χ4n) is 2.44. The third-order valence-electron chi connectivity index (χ3n) is 3.80. The number of benzene rings is 1. The monoisotopic (exact) mass is 352 g/mol. The molecular weight excluding hydrogens is 336 g/mol. The van der Waals surface area contributed by atoms with E-state index in [1.807, 2.05) is 30.6 Å². The fraction of sp³-hybridized carbons (Fsp3) is 0.222. The van der Waals surface area contributed by atoms with Crippen molar-refractivity contribution in [3.05, 3.63) is 53.5 Å². The van der Waals surface area contributed by atoms with Crippen LogP contribution in [0.2, 0.25) is 0 Å². The van der Waals surface area contributed by atoms with Gasteiger partial charge < -0.3 is 8.98 Å². The Labute approximate surface area is 149 Å². The van der Waals surface area contributed by atoms with Crippen LogP contribution in [-0.2, 0) is 6.54 Å². The summed E-state index contributed by atoms with van der Waals surface area (Å²) in [6.07, 6.45) is 1.63. The minimum absolute atomic E-state index is 0.0128. The maximum Gasteiger partial charge on any atom is 0.191 e. The van der Waals surface area contributed by atoms with Crippen LogP contribution in [0.4, 0.5) is 0 Å². The van der Waals surface area contributed by atoms with Crippen LogP contribution in [-0.4, -0.2) is 26.3 Å². The summed E-state index contributed by atoms with van der Waals surface area (Å²) in [6.45, 7) is 4.58. The lowest BCUT2D eigenvalue weighted by Crippen LogP contribution is -2.05. The summed E-state index contributed by atoms with van der Waals surface area (Å²) in [4.78, 5) is 12.3. The molecule has 126 valence electrons. The summed E-state index contributed by atoms with van der Waals surface area (Å²) in [6, 6.07) is 10.5. The highest BCUT2D eigenvalue weighted by Gasteiger charge is 2.17. The van der Waals surface area contributed by atoms with E-state index < -0.39 is 0 Å². The molecule has 0 aliphatic rings. The van der Waals surface area contributed by atoms with Gasteiger partial charge in [0.2, 0.25) is 0 Å². The van der Waals surface area contributed by atoms with Gasteiger partial charge in [-0.05, 0) is 32.0 Å². The van der Waals surface area contributed by atoms with Crippen LogP contribution >= 0.6 is 11.8 Å². The number of carbonyl (C=O) groups is 1. The summed E-state index contributed by atoms with van der Waals surface area (Å²) < 4.78 is 7.30. The van der Waals surface area contributed by atoms with Gasteiger partial charge in [0, 0.05) is 12.1 Å². The second-order valence-electron chi connectivity index (χ2n) is 5.34. The molecule has 2 aromatic heterocycles. The molecule has 0 atom stereocenters. The number of nitriles is 1. The minimum atomic E-state index is -0.0128. The first-order valence-electron chi connectivity index (χ1n) is 7.78. The van der Waals surface area contributed by atoms with Gasteiger partial charge >= 0.3 is 0 Å². The Morgan fingerprint density at radius 2 is 2.04 bits per heavy atom. The quantitative estimate of drug-likeness (QED) is 0.496. The standard InChI is InChI=1S/C18H16N4O2S/c1-3-22-17(15-8-9-24-12(15)2)20-21-18(22)25-11-16(23)14-6-4-13(10-19)5-7-14/h4-9H,3,11H2,1-2H3. The van der Waals surface area contributed by atoms with Gasteiger partial charge in [0.05, 0.1) is 29.2 Å². The van der Waals surface area contributed by atoms with Gasteiger partial charge in [0.1, 0.15) is 5.76 Å². The Kier molecular flexibility index (Phi) is 5.00. The number of aryl methyl sites for hydroxylation is 1. The molecule has 1 aromatic carbocycles. The van der Waals surface area contributed by atoms with E-state index in [-0.39, 0.29) is 11.5 Å². The average Bonchev–Trinajstić information content (AvgIpc) is 3.24. The predicted octanol–water partition coefficient (Wildman–Crippen LogP) is 3.71. The lowest BCUT2D eigenvalue weighted by molar-refractivity contribution is 0.102. The maximum atomic E-state index is 12.3. The Morgan fingerprint density at radius 3 is 2.64 bits per heavy atom. The van der Waals surface area contributed by atoms with Crippen molar-refractivity contribution in [3.8, 4) is 17.5 Å². The van der Waals surface area contributed by atoms with Crippen LogP contribution in [0, 0.1) is 18.3 Å². The Bertz CT molecular complexity index is 935. The molecule has 0 spiro atoms. The largest absolute Gasteiger partial charge is 0.469 e. The summed E-state index contributed by atoms with van der Waals surface area (Å²) >= 11 is 1.35. The van der Waals surface area contributed by atoms with E-state index in [1.54, 1.807) is 30.5 Å². The molecule has 2 heterocycles. The van der Waals surface area contributed by atoms with Crippen LogP contribution in [0.3, 0.4) is 0 Å². The maximum absolute atomic E-state index is 12.3. The van der Waals surface area contributed by atoms with Crippen molar-refractivity contribution in [1.82, 2.24) is 14.8 Å². The second-order valence-corrected chi connectivity index (χ2v) is 6.28. The highest BCUT2D eigenvalue weighted by molar-refractivity contribution is 7.99. The van der Waals surface area contributed by atoms with Crippen molar-refractivity contribution in [2.75, 3.05) is 5.75 Å². The number of nitrogens with zero attached hydrogens (tertiary/aromatic N) is 4. The first kappa shape index (κ1) is 17.0. The lowest BCUT2D eigenvalue weighted by Gasteiger charge is -2.06. The molecule has 0 aliphatic carbocycles. The summed E-state index contributed by atoms with van der Waals surface area (Å²) in [5, 5.41) is 18.0. The van der Waals surface area contributed by atoms with Crippen LogP contribution in [0.1, 0.15) is 28.6 Å². The Morgan fingerprint density at radius 1 is 1.28 bits per heavy atom. The molecule has 6 nitrogen and oxygen atoms in total. The molecule has 0 aliphatic heterocycles. The molecule has 0 saturated heterocycles. The number of thioether (sulfide) groups is 1. The molecule has 0 unspecified atom stereocenters. The van der Waals surface area contributed by atoms with E-state index in [0.29, 0.717) is 22.8 Å². The molecule has 25 heavy (non-hydrogen) atoms. The smallest absolute Gasteiger partial charge is 0.191 e.